The Bertz CT molecular complexity index is 392. The minimum atomic E-state index is 0.0540. The molecule has 1 heterocycles. The third kappa shape index (κ3) is 2.86. The zero-order valence-electron chi connectivity index (χ0n) is 10.3. The van der Waals surface area contributed by atoms with Gasteiger partial charge in [-0.1, -0.05) is 25.1 Å². The molecular weight excluding hydrogens is 212 g/mol. The van der Waals surface area contributed by atoms with Gasteiger partial charge in [-0.25, -0.2) is 0 Å². The molecule has 1 aliphatic heterocycles. The number of aldehydes is 1. The molecule has 0 radical (unpaired) electrons. The topological polar surface area (TPSA) is 46.3 Å². The van der Waals surface area contributed by atoms with Crippen LogP contribution in [0.1, 0.15) is 25.3 Å². The molecule has 1 aromatic rings. The van der Waals surface area contributed by atoms with Crippen LogP contribution in [0.2, 0.25) is 0 Å². The molecule has 1 aliphatic rings. The highest BCUT2D eigenvalue weighted by molar-refractivity contribution is 5.58. The van der Waals surface area contributed by atoms with E-state index in [1.54, 1.807) is 0 Å². The second kappa shape index (κ2) is 5.32. The molecule has 2 rings (SSSR count). The van der Waals surface area contributed by atoms with Crippen molar-refractivity contribution in [3.63, 3.8) is 0 Å². The molecule has 92 valence electrons. The third-order valence-electron chi connectivity index (χ3n) is 3.61. The lowest BCUT2D eigenvalue weighted by atomic mass is 9.92. The molecule has 2 atom stereocenters. The highest BCUT2D eigenvalue weighted by Crippen LogP contribution is 2.24. The van der Waals surface area contributed by atoms with Crippen LogP contribution in [-0.4, -0.2) is 23.8 Å². The maximum absolute atomic E-state index is 11.1. The maximum atomic E-state index is 11.1. The summed E-state index contributed by atoms with van der Waals surface area (Å²) in [6, 6.07) is 7.94. The zero-order valence-corrected chi connectivity index (χ0v) is 10.3. The van der Waals surface area contributed by atoms with E-state index in [-0.39, 0.29) is 6.04 Å². The van der Waals surface area contributed by atoms with E-state index in [4.69, 9.17) is 5.73 Å². The van der Waals surface area contributed by atoms with Gasteiger partial charge >= 0.3 is 0 Å². The summed E-state index contributed by atoms with van der Waals surface area (Å²) in [6.45, 7) is 3.98. The number of hydrogen-bond acceptors (Lipinski definition) is 3. The van der Waals surface area contributed by atoms with Crippen LogP contribution in [0.15, 0.2) is 24.3 Å². The average molecular weight is 232 g/mol. The molecule has 3 heteroatoms. The van der Waals surface area contributed by atoms with Gasteiger partial charge in [0.2, 0.25) is 0 Å². The second-order valence-electron chi connectivity index (χ2n) is 5.00. The minimum Gasteiger partial charge on any atom is -0.398 e. The quantitative estimate of drug-likeness (QED) is 0.641. The van der Waals surface area contributed by atoms with Gasteiger partial charge < -0.3 is 10.5 Å². The summed E-state index contributed by atoms with van der Waals surface area (Å²) in [5, 5.41) is 0. The lowest BCUT2D eigenvalue weighted by Gasteiger charge is -2.35. The van der Waals surface area contributed by atoms with Gasteiger partial charge in [0, 0.05) is 12.2 Å². The number of para-hydroxylation sites is 1. The second-order valence-corrected chi connectivity index (χ2v) is 5.00. The van der Waals surface area contributed by atoms with Gasteiger partial charge in [-0.3, -0.25) is 4.90 Å². The number of likely N-dealkylation sites (tertiary alicyclic amines) is 1. The van der Waals surface area contributed by atoms with Gasteiger partial charge in [-0.15, -0.1) is 0 Å². The largest absolute Gasteiger partial charge is 0.398 e. The Morgan fingerprint density at radius 1 is 1.47 bits per heavy atom. The SMILES string of the molecule is CC1CCN(Cc2ccccc2N)C(C=O)C1. The van der Waals surface area contributed by atoms with E-state index < -0.39 is 0 Å². The van der Waals surface area contributed by atoms with Crippen molar-refractivity contribution in [2.24, 2.45) is 5.92 Å². The van der Waals surface area contributed by atoms with Crippen molar-refractivity contribution in [1.29, 1.82) is 0 Å². The monoisotopic (exact) mass is 232 g/mol. The highest BCUT2D eigenvalue weighted by Gasteiger charge is 2.25. The molecule has 2 N–H and O–H groups in total. The Hall–Kier alpha value is -1.35. The fraction of sp³-hybridized carbons (Fsp3) is 0.500. The van der Waals surface area contributed by atoms with E-state index in [0.29, 0.717) is 5.92 Å². The van der Waals surface area contributed by atoms with Gasteiger partial charge in [0.25, 0.3) is 0 Å². The summed E-state index contributed by atoms with van der Waals surface area (Å²) < 4.78 is 0. The summed E-state index contributed by atoms with van der Waals surface area (Å²) in [7, 11) is 0. The van der Waals surface area contributed by atoms with Crippen LogP contribution in [0.5, 0.6) is 0 Å². The lowest BCUT2D eigenvalue weighted by molar-refractivity contribution is -0.114. The van der Waals surface area contributed by atoms with E-state index in [1.165, 1.54) is 0 Å². The number of nitrogens with two attached hydrogens (primary N) is 1. The number of rotatable bonds is 3. The summed E-state index contributed by atoms with van der Waals surface area (Å²) in [4.78, 5) is 13.4. The number of nitrogen functional groups attached to an aromatic ring is 1. The molecule has 0 amide bonds. The Labute approximate surface area is 103 Å². The first kappa shape index (κ1) is 12.1. The first-order chi connectivity index (χ1) is 8.20. The number of nitrogens with zero attached hydrogens (tertiary/aromatic N) is 1. The fourth-order valence-corrected chi connectivity index (χ4v) is 2.47. The Kier molecular flexibility index (Phi) is 3.79. The Morgan fingerprint density at radius 3 is 2.94 bits per heavy atom. The van der Waals surface area contributed by atoms with E-state index >= 15 is 0 Å². The summed E-state index contributed by atoms with van der Waals surface area (Å²) in [5.41, 5.74) is 7.87. The van der Waals surface area contributed by atoms with Crippen molar-refractivity contribution in [2.75, 3.05) is 12.3 Å². The standard InChI is InChI=1S/C14H20N2O/c1-11-6-7-16(13(8-11)10-17)9-12-4-2-3-5-14(12)15/h2-5,10-11,13H,6-9,15H2,1H3. The number of benzene rings is 1. The van der Waals surface area contributed by atoms with Crippen molar-refractivity contribution < 1.29 is 4.79 Å². The van der Waals surface area contributed by atoms with Crippen LogP contribution in [0.4, 0.5) is 5.69 Å². The van der Waals surface area contributed by atoms with E-state index in [9.17, 15) is 4.79 Å². The van der Waals surface area contributed by atoms with Crippen LogP contribution >= 0.6 is 0 Å². The molecule has 0 saturated carbocycles. The van der Waals surface area contributed by atoms with Gasteiger partial charge in [-0.2, -0.15) is 0 Å². The Balaban J connectivity index is 2.07. The lowest BCUT2D eigenvalue weighted by Crippen LogP contribution is -2.42. The maximum Gasteiger partial charge on any atom is 0.137 e. The van der Waals surface area contributed by atoms with Crippen molar-refractivity contribution in [3.05, 3.63) is 29.8 Å². The van der Waals surface area contributed by atoms with Crippen LogP contribution in [0.3, 0.4) is 0 Å². The summed E-state index contributed by atoms with van der Waals surface area (Å²) >= 11 is 0. The molecule has 2 unspecified atom stereocenters. The predicted molar refractivity (Wildman–Crippen MR) is 69.5 cm³/mol. The minimum absolute atomic E-state index is 0.0540. The zero-order chi connectivity index (χ0) is 12.3. The number of anilines is 1. The first-order valence-electron chi connectivity index (χ1n) is 6.23. The van der Waals surface area contributed by atoms with Crippen molar-refractivity contribution >= 4 is 12.0 Å². The van der Waals surface area contributed by atoms with Crippen molar-refractivity contribution in [1.82, 2.24) is 4.90 Å². The van der Waals surface area contributed by atoms with Gasteiger partial charge in [0.1, 0.15) is 6.29 Å². The highest BCUT2D eigenvalue weighted by atomic mass is 16.1. The summed E-state index contributed by atoms with van der Waals surface area (Å²) in [6.07, 6.45) is 3.21. The molecule has 0 spiro atoms. The number of carbonyl (C=O) groups is 1. The number of carbonyl (C=O) groups excluding carboxylic acids is 1. The smallest absolute Gasteiger partial charge is 0.137 e. The van der Waals surface area contributed by atoms with E-state index in [1.807, 2.05) is 24.3 Å². The van der Waals surface area contributed by atoms with E-state index in [0.717, 1.165) is 43.5 Å². The van der Waals surface area contributed by atoms with Gasteiger partial charge in [-0.05, 0) is 36.9 Å². The third-order valence-corrected chi connectivity index (χ3v) is 3.61. The van der Waals surface area contributed by atoms with Crippen molar-refractivity contribution in [2.45, 2.75) is 32.4 Å². The molecule has 3 nitrogen and oxygen atoms in total. The van der Waals surface area contributed by atoms with Crippen LogP contribution in [0.25, 0.3) is 0 Å². The molecule has 0 aromatic heterocycles. The van der Waals surface area contributed by atoms with Gasteiger partial charge in [0.15, 0.2) is 0 Å². The van der Waals surface area contributed by atoms with Crippen LogP contribution in [-0.2, 0) is 11.3 Å². The summed E-state index contributed by atoms with van der Waals surface area (Å²) in [5.74, 6) is 0.648. The van der Waals surface area contributed by atoms with Gasteiger partial charge in [0.05, 0.1) is 6.04 Å². The van der Waals surface area contributed by atoms with Crippen molar-refractivity contribution in [3.8, 4) is 0 Å². The molecule has 0 bridgehead atoms. The fourth-order valence-electron chi connectivity index (χ4n) is 2.47. The Morgan fingerprint density at radius 2 is 2.24 bits per heavy atom. The molecular formula is C14H20N2O. The number of piperidine rings is 1. The predicted octanol–water partition coefficient (Wildman–Crippen LogP) is 2.07. The van der Waals surface area contributed by atoms with Crippen LogP contribution < -0.4 is 5.73 Å². The normalized spacial score (nSPS) is 25.7. The average Bonchev–Trinajstić information content (AvgIpc) is 2.34. The molecule has 1 aromatic carbocycles. The van der Waals surface area contributed by atoms with E-state index in [2.05, 4.69) is 11.8 Å². The first-order valence-corrected chi connectivity index (χ1v) is 6.23. The molecule has 1 saturated heterocycles. The molecule has 0 aliphatic carbocycles. The molecule has 1 fully saturated rings. The van der Waals surface area contributed by atoms with Crippen LogP contribution in [0, 0.1) is 5.92 Å². The number of hydrogen-bond donors (Lipinski definition) is 1. The molecule has 17 heavy (non-hydrogen) atoms.